The number of phenols is 1. The molecule has 0 radical (unpaired) electrons. The highest BCUT2D eigenvalue weighted by Crippen LogP contribution is 2.35. The minimum Gasteiger partial charge on any atom is -0.507 e. The van der Waals surface area contributed by atoms with Gasteiger partial charge in [0, 0.05) is 26.1 Å². The molecule has 0 aliphatic carbocycles. The van der Waals surface area contributed by atoms with Crippen LogP contribution in [0.3, 0.4) is 0 Å². The Labute approximate surface area is 143 Å². The molecule has 0 fully saturated rings. The number of carbonyl (C=O) groups excluding carboxylic acids is 1. The van der Waals surface area contributed by atoms with Gasteiger partial charge in [-0.25, -0.2) is 0 Å². The number of benzene rings is 2. The summed E-state index contributed by atoms with van der Waals surface area (Å²) < 4.78 is 35.2. The molecule has 1 aliphatic heterocycles. The van der Waals surface area contributed by atoms with E-state index in [0.29, 0.717) is 24.8 Å². The highest BCUT2D eigenvalue weighted by Gasteiger charge is 2.31. The van der Waals surface area contributed by atoms with Crippen LogP contribution in [0, 0.1) is 0 Å². The lowest BCUT2D eigenvalue weighted by Gasteiger charge is -2.17. The summed E-state index contributed by atoms with van der Waals surface area (Å²) in [7, 11) is 1.49. The first kappa shape index (κ1) is 17.0. The number of halogens is 2. The van der Waals surface area contributed by atoms with Crippen molar-refractivity contribution < 1.29 is 28.2 Å². The van der Waals surface area contributed by atoms with Gasteiger partial charge in [0.2, 0.25) is 0 Å². The molecule has 0 atom stereocenters. The second-order valence-corrected chi connectivity index (χ2v) is 5.90. The Hall–Kier alpha value is -2.83. The zero-order valence-corrected chi connectivity index (χ0v) is 13.8. The molecule has 1 heterocycles. The van der Waals surface area contributed by atoms with Crippen molar-refractivity contribution in [3.8, 4) is 17.2 Å². The van der Waals surface area contributed by atoms with Crippen molar-refractivity contribution in [1.29, 1.82) is 0 Å². The second kappa shape index (κ2) is 6.23. The third-order valence-corrected chi connectivity index (χ3v) is 3.86. The Morgan fingerprint density at radius 1 is 1.20 bits per heavy atom. The van der Waals surface area contributed by atoms with Crippen LogP contribution in [0.5, 0.6) is 17.2 Å². The molecular formula is C18H17F2NO4. The second-order valence-electron chi connectivity index (χ2n) is 5.90. The summed E-state index contributed by atoms with van der Waals surface area (Å²) in [4.78, 5) is 14.0. The molecular weight excluding hydrogens is 332 g/mol. The number of rotatable bonds is 5. The van der Waals surface area contributed by atoms with Gasteiger partial charge in [0.25, 0.3) is 5.91 Å². The fourth-order valence-electron chi connectivity index (χ4n) is 2.80. The molecule has 7 heteroatoms. The van der Waals surface area contributed by atoms with E-state index in [1.807, 2.05) is 0 Å². The number of methoxy groups -OCH3 is 1. The van der Waals surface area contributed by atoms with Crippen LogP contribution < -0.4 is 9.47 Å². The Kier molecular flexibility index (Phi) is 4.24. The van der Waals surface area contributed by atoms with Crippen molar-refractivity contribution in [3.63, 3.8) is 0 Å². The molecule has 0 aromatic heterocycles. The van der Waals surface area contributed by atoms with Gasteiger partial charge in [-0.15, -0.1) is 0 Å². The summed E-state index contributed by atoms with van der Waals surface area (Å²) in [6.07, 6.45) is -3.25. The average Bonchev–Trinajstić information content (AvgIpc) is 2.84. The molecule has 132 valence electrons. The highest BCUT2D eigenvalue weighted by molar-refractivity contribution is 6.01. The van der Waals surface area contributed by atoms with E-state index in [0.717, 1.165) is 5.56 Å². The minimum absolute atomic E-state index is 0.0506. The average molecular weight is 349 g/mol. The van der Waals surface area contributed by atoms with Crippen LogP contribution in [-0.4, -0.2) is 29.1 Å². The van der Waals surface area contributed by atoms with Gasteiger partial charge in [0.15, 0.2) is 0 Å². The molecule has 0 unspecified atom stereocenters. The molecule has 1 amide bonds. The van der Waals surface area contributed by atoms with Crippen LogP contribution >= 0.6 is 0 Å². The fourth-order valence-corrected chi connectivity index (χ4v) is 2.80. The summed E-state index contributed by atoms with van der Waals surface area (Å²) in [6.45, 7) is 1.30. The topological polar surface area (TPSA) is 59.0 Å². The van der Waals surface area contributed by atoms with E-state index in [1.54, 1.807) is 23.1 Å². The van der Waals surface area contributed by atoms with Crippen LogP contribution in [0.1, 0.15) is 28.4 Å². The van der Waals surface area contributed by atoms with Crippen molar-refractivity contribution in [2.24, 2.45) is 0 Å². The largest absolute Gasteiger partial charge is 0.507 e. The zero-order chi connectivity index (χ0) is 18.2. The first-order chi connectivity index (χ1) is 11.8. The zero-order valence-electron chi connectivity index (χ0n) is 13.8. The van der Waals surface area contributed by atoms with E-state index in [9.17, 15) is 18.7 Å². The standard InChI is InChI=1S/C18H17F2NO4/c1-18(19,20)25-13-5-3-11(4-6-13)9-21-10-12-7-14(24-2)8-15(22)16(12)17(21)23/h3-8,22H,9-10H2,1-2H3. The molecule has 3 rings (SSSR count). The quantitative estimate of drug-likeness (QED) is 0.897. The summed E-state index contributed by atoms with van der Waals surface area (Å²) in [5.41, 5.74) is 1.72. The van der Waals surface area contributed by atoms with E-state index < -0.39 is 6.11 Å². The van der Waals surface area contributed by atoms with E-state index in [-0.39, 0.29) is 29.5 Å². The SMILES string of the molecule is COc1cc(O)c2c(c1)CN(Cc1ccc(OC(C)(F)F)cc1)C2=O. The molecule has 0 bridgehead atoms. The number of hydrogen-bond donors (Lipinski definition) is 1. The molecule has 2 aromatic carbocycles. The van der Waals surface area contributed by atoms with Crippen molar-refractivity contribution >= 4 is 5.91 Å². The third kappa shape index (κ3) is 3.65. The number of aromatic hydroxyl groups is 1. The van der Waals surface area contributed by atoms with Gasteiger partial charge >= 0.3 is 6.11 Å². The lowest BCUT2D eigenvalue weighted by molar-refractivity contribution is -0.158. The Morgan fingerprint density at radius 3 is 2.48 bits per heavy atom. The summed E-state index contributed by atoms with van der Waals surface area (Å²) in [6, 6.07) is 9.22. The van der Waals surface area contributed by atoms with Gasteiger partial charge in [-0.2, -0.15) is 8.78 Å². The first-order valence-electron chi connectivity index (χ1n) is 7.62. The Bertz CT molecular complexity index is 800. The molecule has 25 heavy (non-hydrogen) atoms. The van der Waals surface area contributed by atoms with Gasteiger partial charge in [0.1, 0.15) is 17.2 Å². The maximum atomic E-state index is 12.8. The lowest BCUT2D eigenvalue weighted by Crippen LogP contribution is -2.23. The third-order valence-electron chi connectivity index (χ3n) is 3.86. The molecule has 0 spiro atoms. The molecule has 2 aromatic rings. The van der Waals surface area contributed by atoms with Gasteiger partial charge in [-0.05, 0) is 29.3 Å². The van der Waals surface area contributed by atoms with Crippen LogP contribution in [0.4, 0.5) is 8.78 Å². The lowest BCUT2D eigenvalue weighted by atomic mass is 10.1. The number of phenolic OH excluding ortho intramolecular Hbond substituents is 1. The molecule has 1 aliphatic rings. The monoisotopic (exact) mass is 349 g/mol. The van der Waals surface area contributed by atoms with Gasteiger partial charge in [-0.1, -0.05) is 12.1 Å². The molecule has 5 nitrogen and oxygen atoms in total. The first-order valence-corrected chi connectivity index (χ1v) is 7.62. The van der Waals surface area contributed by atoms with E-state index in [1.165, 1.54) is 25.3 Å². The highest BCUT2D eigenvalue weighted by atomic mass is 19.3. The Morgan fingerprint density at radius 2 is 1.88 bits per heavy atom. The van der Waals surface area contributed by atoms with Crippen LogP contribution in [0.25, 0.3) is 0 Å². The van der Waals surface area contributed by atoms with Crippen molar-refractivity contribution in [2.45, 2.75) is 26.1 Å². The van der Waals surface area contributed by atoms with Crippen molar-refractivity contribution in [2.75, 3.05) is 7.11 Å². The number of alkyl halides is 2. The van der Waals surface area contributed by atoms with Crippen molar-refractivity contribution in [3.05, 3.63) is 53.1 Å². The molecule has 0 saturated heterocycles. The maximum Gasteiger partial charge on any atom is 0.394 e. The number of nitrogens with zero attached hydrogens (tertiary/aromatic N) is 1. The van der Waals surface area contributed by atoms with Crippen LogP contribution in [-0.2, 0) is 13.1 Å². The van der Waals surface area contributed by atoms with Crippen LogP contribution in [0.2, 0.25) is 0 Å². The smallest absolute Gasteiger partial charge is 0.394 e. The van der Waals surface area contributed by atoms with E-state index >= 15 is 0 Å². The van der Waals surface area contributed by atoms with Crippen LogP contribution in [0.15, 0.2) is 36.4 Å². The predicted molar refractivity (Wildman–Crippen MR) is 85.9 cm³/mol. The molecule has 1 N–H and O–H groups in total. The number of ether oxygens (including phenoxy) is 2. The Balaban J connectivity index is 1.74. The number of carbonyl (C=O) groups is 1. The molecule has 0 saturated carbocycles. The minimum atomic E-state index is -3.25. The fraction of sp³-hybridized carbons (Fsp3) is 0.278. The van der Waals surface area contributed by atoms with E-state index in [4.69, 9.17) is 4.74 Å². The maximum absolute atomic E-state index is 12.8. The van der Waals surface area contributed by atoms with Gasteiger partial charge < -0.3 is 19.5 Å². The van der Waals surface area contributed by atoms with Gasteiger partial charge in [0.05, 0.1) is 12.7 Å². The number of fused-ring (bicyclic) bond motifs is 1. The summed E-state index contributed by atoms with van der Waals surface area (Å²) in [5.74, 6) is 0.133. The van der Waals surface area contributed by atoms with Crippen molar-refractivity contribution in [1.82, 2.24) is 4.90 Å². The van der Waals surface area contributed by atoms with Gasteiger partial charge in [-0.3, -0.25) is 4.79 Å². The summed E-state index contributed by atoms with van der Waals surface area (Å²) >= 11 is 0. The number of amides is 1. The predicted octanol–water partition coefficient (Wildman–Crippen LogP) is 3.55. The summed E-state index contributed by atoms with van der Waals surface area (Å²) in [5, 5.41) is 10.0. The normalized spacial score (nSPS) is 13.8. The van der Waals surface area contributed by atoms with E-state index in [2.05, 4.69) is 4.74 Å². The number of hydrogen-bond acceptors (Lipinski definition) is 4.